The van der Waals surface area contributed by atoms with E-state index in [2.05, 4.69) is 0 Å². The van der Waals surface area contributed by atoms with Gasteiger partial charge in [0.05, 0.1) is 10.8 Å². The highest BCUT2D eigenvalue weighted by Crippen LogP contribution is 2.43. The maximum atomic E-state index is 12.3. The summed E-state index contributed by atoms with van der Waals surface area (Å²) >= 11 is 0. The Labute approximate surface area is 153 Å². The van der Waals surface area contributed by atoms with Gasteiger partial charge < -0.3 is 18.9 Å². The molecule has 0 aromatic rings. The van der Waals surface area contributed by atoms with E-state index in [9.17, 15) is 19.2 Å². The molecule has 148 valence electrons. The normalized spacial score (nSPS) is 16.1. The predicted molar refractivity (Wildman–Crippen MR) is 89.3 cm³/mol. The van der Waals surface area contributed by atoms with Crippen molar-refractivity contribution in [2.45, 2.75) is 60.8 Å². The lowest BCUT2D eigenvalue weighted by Crippen LogP contribution is -2.48. The first-order valence-electron chi connectivity index (χ1n) is 8.49. The molecule has 0 atom stereocenters. The van der Waals surface area contributed by atoms with Crippen molar-refractivity contribution in [3.05, 3.63) is 0 Å². The molecule has 0 bridgehead atoms. The zero-order chi connectivity index (χ0) is 20.2. The number of hydrogen-bond acceptors (Lipinski definition) is 8. The Morgan fingerprint density at radius 3 is 1.27 bits per heavy atom. The van der Waals surface area contributed by atoms with Gasteiger partial charge in [0, 0.05) is 0 Å². The summed E-state index contributed by atoms with van der Waals surface area (Å²) in [6, 6.07) is 0. The number of carbonyl (C=O) groups is 4. The summed E-state index contributed by atoms with van der Waals surface area (Å²) in [4.78, 5) is 47.8. The Kier molecular flexibility index (Phi) is 6.79. The van der Waals surface area contributed by atoms with Crippen molar-refractivity contribution in [2.24, 2.45) is 16.2 Å². The lowest BCUT2D eigenvalue weighted by molar-refractivity contribution is -0.196. The topological polar surface area (TPSA) is 105 Å². The molecule has 0 aliphatic heterocycles. The highest BCUT2D eigenvalue weighted by molar-refractivity contribution is 6.01. The van der Waals surface area contributed by atoms with E-state index in [1.807, 2.05) is 0 Å². The van der Waals surface area contributed by atoms with Crippen molar-refractivity contribution < 1.29 is 38.1 Å². The third kappa shape index (κ3) is 5.44. The van der Waals surface area contributed by atoms with Crippen molar-refractivity contribution in [1.29, 1.82) is 0 Å². The molecule has 0 unspecified atom stereocenters. The van der Waals surface area contributed by atoms with Crippen LogP contribution >= 0.6 is 0 Å². The van der Waals surface area contributed by atoms with E-state index in [1.165, 1.54) is 0 Å². The Bertz CT molecular complexity index is 515. The summed E-state index contributed by atoms with van der Waals surface area (Å²) in [5.41, 5.74) is -2.88. The smallest absolute Gasteiger partial charge is 0.326 e. The molecule has 0 aromatic heterocycles. The van der Waals surface area contributed by atoms with E-state index in [0.29, 0.717) is 6.42 Å². The van der Waals surface area contributed by atoms with Crippen LogP contribution in [-0.4, -0.2) is 37.5 Å². The van der Waals surface area contributed by atoms with Crippen LogP contribution in [0.3, 0.4) is 0 Å². The van der Waals surface area contributed by atoms with Crippen LogP contribution < -0.4 is 0 Å². The van der Waals surface area contributed by atoms with Crippen molar-refractivity contribution in [3.63, 3.8) is 0 Å². The number of ether oxygens (including phenoxy) is 4. The molecule has 8 heteroatoms. The van der Waals surface area contributed by atoms with Crippen LogP contribution in [0.2, 0.25) is 0 Å². The number of rotatable bonds is 6. The van der Waals surface area contributed by atoms with E-state index in [-0.39, 0.29) is 12.8 Å². The summed E-state index contributed by atoms with van der Waals surface area (Å²) in [5, 5.41) is 0. The SMILES string of the molecule is CC(C)(C)C(=O)OCOC(=O)C1(C(=O)OCOC(=O)C(C)(C)C)CCC1. The fourth-order valence-electron chi connectivity index (χ4n) is 2.00. The minimum Gasteiger partial charge on any atom is -0.427 e. The molecule has 1 aliphatic carbocycles. The molecule has 0 spiro atoms. The lowest BCUT2D eigenvalue weighted by atomic mass is 9.69. The summed E-state index contributed by atoms with van der Waals surface area (Å²) in [6.07, 6.45) is 1.20. The van der Waals surface area contributed by atoms with Crippen molar-refractivity contribution in [1.82, 2.24) is 0 Å². The molecule has 26 heavy (non-hydrogen) atoms. The first kappa shape index (κ1) is 21.9. The third-order valence-corrected chi connectivity index (χ3v) is 3.97. The molecule has 1 aliphatic rings. The molecule has 0 amide bonds. The highest BCUT2D eigenvalue weighted by Gasteiger charge is 2.54. The Morgan fingerprint density at radius 1 is 0.692 bits per heavy atom. The van der Waals surface area contributed by atoms with Crippen molar-refractivity contribution >= 4 is 23.9 Å². The number of hydrogen-bond donors (Lipinski definition) is 0. The molecular weight excluding hydrogens is 344 g/mol. The van der Waals surface area contributed by atoms with Crippen LogP contribution in [0.1, 0.15) is 60.8 Å². The lowest BCUT2D eigenvalue weighted by Gasteiger charge is -2.36. The van der Waals surface area contributed by atoms with Gasteiger partial charge in [-0.1, -0.05) is 0 Å². The summed E-state index contributed by atoms with van der Waals surface area (Å²) in [7, 11) is 0. The van der Waals surface area contributed by atoms with Gasteiger partial charge in [0.25, 0.3) is 0 Å². The van der Waals surface area contributed by atoms with Crippen LogP contribution in [0, 0.1) is 16.2 Å². The summed E-state index contributed by atoms with van der Waals surface area (Å²) < 4.78 is 19.6. The standard InChI is InChI=1S/C18H28O8/c1-16(2,3)12(19)23-10-25-14(21)18(8-7-9-18)15(22)26-11-24-13(20)17(4,5)6/h7-11H2,1-6H3. The average molecular weight is 372 g/mol. The molecular formula is C18H28O8. The first-order chi connectivity index (χ1) is 11.8. The average Bonchev–Trinajstić information content (AvgIpc) is 2.43. The Hall–Kier alpha value is -2.12. The van der Waals surface area contributed by atoms with E-state index < -0.39 is 53.7 Å². The van der Waals surface area contributed by atoms with Crippen LogP contribution in [0.15, 0.2) is 0 Å². The van der Waals surface area contributed by atoms with Gasteiger partial charge in [0.1, 0.15) is 0 Å². The second-order valence-corrected chi connectivity index (χ2v) is 8.40. The maximum Gasteiger partial charge on any atom is 0.326 e. The zero-order valence-corrected chi connectivity index (χ0v) is 16.3. The van der Waals surface area contributed by atoms with Gasteiger partial charge in [-0.15, -0.1) is 0 Å². The molecule has 1 fully saturated rings. The van der Waals surface area contributed by atoms with E-state index in [0.717, 1.165) is 0 Å². The monoisotopic (exact) mass is 372 g/mol. The van der Waals surface area contributed by atoms with Gasteiger partial charge >= 0.3 is 23.9 Å². The van der Waals surface area contributed by atoms with Gasteiger partial charge in [-0.25, -0.2) is 0 Å². The van der Waals surface area contributed by atoms with Crippen molar-refractivity contribution in [3.8, 4) is 0 Å². The summed E-state index contributed by atoms with van der Waals surface area (Å²) in [5.74, 6) is -2.66. The maximum absolute atomic E-state index is 12.3. The molecule has 0 radical (unpaired) electrons. The fourth-order valence-corrected chi connectivity index (χ4v) is 2.00. The second kappa shape index (κ2) is 8.05. The molecule has 0 saturated heterocycles. The van der Waals surface area contributed by atoms with Gasteiger partial charge in [-0.2, -0.15) is 0 Å². The fraction of sp³-hybridized carbons (Fsp3) is 0.778. The second-order valence-electron chi connectivity index (χ2n) is 8.40. The van der Waals surface area contributed by atoms with Crippen LogP contribution in [0.25, 0.3) is 0 Å². The molecule has 8 nitrogen and oxygen atoms in total. The number of carbonyl (C=O) groups excluding carboxylic acids is 4. The minimum atomic E-state index is -1.43. The Morgan fingerprint density at radius 2 is 1.04 bits per heavy atom. The van der Waals surface area contributed by atoms with E-state index >= 15 is 0 Å². The molecule has 0 N–H and O–H groups in total. The highest BCUT2D eigenvalue weighted by atomic mass is 16.7. The largest absolute Gasteiger partial charge is 0.427 e. The van der Waals surface area contributed by atoms with E-state index in [1.54, 1.807) is 41.5 Å². The van der Waals surface area contributed by atoms with Gasteiger partial charge in [0.2, 0.25) is 13.6 Å². The molecule has 0 aromatic carbocycles. The van der Waals surface area contributed by atoms with Crippen LogP contribution in [0.5, 0.6) is 0 Å². The summed E-state index contributed by atoms with van der Waals surface area (Å²) in [6.45, 7) is 8.87. The Balaban J connectivity index is 2.51. The zero-order valence-electron chi connectivity index (χ0n) is 16.3. The van der Waals surface area contributed by atoms with Gasteiger partial charge in [-0.05, 0) is 60.8 Å². The number of esters is 4. The first-order valence-corrected chi connectivity index (χ1v) is 8.49. The predicted octanol–water partition coefficient (Wildman–Crippen LogP) is 2.34. The van der Waals surface area contributed by atoms with E-state index in [4.69, 9.17) is 18.9 Å². The van der Waals surface area contributed by atoms with Gasteiger partial charge in [0.15, 0.2) is 5.41 Å². The molecule has 1 rings (SSSR count). The van der Waals surface area contributed by atoms with Crippen molar-refractivity contribution in [2.75, 3.05) is 13.6 Å². The molecule has 1 saturated carbocycles. The third-order valence-electron chi connectivity index (χ3n) is 3.97. The van der Waals surface area contributed by atoms with Gasteiger partial charge in [-0.3, -0.25) is 19.2 Å². The molecule has 0 heterocycles. The minimum absolute atomic E-state index is 0.269. The quantitative estimate of drug-likeness (QED) is 0.397. The van der Waals surface area contributed by atoms with Crippen LogP contribution in [0.4, 0.5) is 0 Å². The van der Waals surface area contributed by atoms with Crippen LogP contribution in [-0.2, 0) is 38.1 Å².